The van der Waals surface area contributed by atoms with Crippen LogP contribution in [0.2, 0.25) is 0 Å². The first-order valence-electron chi connectivity index (χ1n) is 9.08. The highest BCUT2D eigenvalue weighted by Crippen LogP contribution is 2.64. The lowest BCUT2D eigenvalue weighted by Crippen LogP contribution is -2.52. The second kappa shape index (κ2) is 4.58. The summed E-state index contributed by atoms with van der Waals surface area (Å²) in [5.41, 5.74) is 8.83. The monoisotopic (exact) mass is 289 g/mol. The second-order valence-electron chi connectivity index (χ2n) is 8.88. The van der Waals surface area contributed by atoms with Gasteiger partial charge in [0.1, 0.15) is 0 Å². The minimum Gasteiger partial charge on any atom is -0.393 e. The summed E-state index contributed by atoms with van der Waals surface area (Å²) in [4.78, 5) is 0. The average molecular weight is 289 g/mol. The highest BCUT2D eigenvalue weighted by atomic mass is 16.3. The van der Waals surface area contributed by atoms with Crippen LogP contribution in [0.3, 0.4) is 0 Å². The molecule has 7 atom stereocenters. The number of aliphatic hydroxyl groups excluding tert-OH is 1. The van der Waals surface area contributed by atoms with Gasteiger partial charge in [0.15, 0.2) is 0 Å². The van der Waals surface area contributed by atoms with E-state index in [4.69, 9.17) is 5.73 Å². The van der Waals surface area contributed by atoms with Gasteiger partial charge in [-0.2, -0.15) is 0 Å². The minimum atomic E-state index is -0.0883. The molecule has 4 rings (SSSR count). The Morgan fingerprint density at radius 3 is 2.71 bits per heavy atom. The Morgan fingerprint density at radius 2 is 1.90 bits per heavy atom. The summed E-state index contributed by atoms with van der Waals surface area (Å²) in [6, 6.07) is 0.426. The van der Waals surface area contributed by atoms with E-state index in [1.165, 1.54) is 38.5 Å². The summed E-state index contributed by atoms with van der Waals surface area (Å²) < 4.78 is 0. The van der Waals surface area contributed by atoms with Crippen molar-refractivity contribution in [3.05, 3.63) is 11.6 Å². The molecule has 0 aromatic carbocycles. The van der Waals surface area contributed by atoms with Gasteiger partial charge in [-0.05, 0) is 80.0 Å². The first-order chi connectivity index (χ1) is 9.95. The Morgan fingerprint density at radius 1 is 1.10 bits per heavy atom. The number of hydrogen-bond donors (Lipinski definition) is 2. The van der Waals surface area contributed by atoms with Gasteiger partial charge in [-0.25, -0.2) is 0 Å². The molecule has 4 aliphatic rings. The van der Waals surface area contributed by atoms with E-state index in [0.29, 0.717) is 16.9 Å². The van der Waals surface area contributed by atoms with E-state index >= 15 is 0 Å². The predicted octanol–water partition coefficient (Wildman–Crippen LogP) is 3.64. The summed E-state index contributed by atoms with van der Waals surface area (Å²) >= 11 is 0. The molecule has 0 amide bonds. The SMILES string of the molecule is C[C@]12CC[C@@H]3[C@H](CC=C4C[C@H](O)CC[C@@]43C)[C@H]1CC[C@H]2N. The molecule has 0 spiro atoms. The molecule has 3 saturated carbocycles. The van der Waals surface area contributed by atoms with Crippen LogP contribution in [0, 0.1) is 28.6 Å². The van der Waals surface area contributed by atoms with Crippen LogP contribution in [0.5, 0.6) is 0 Å². The Labute approximate surface area is 129 Å². The smallest absolute Gasteiger partial charge is 0.0577 e. The molecule has 0 aliphatic heterocycles. The first kappa shape index (κ1) is 14.3. The molecule has 0 unspecified atom stereocenters. The van der Waals surface area contributed by atoms with Gasteiger partial charge in [-0.15, -0.1) is 0 Å². The van der Waals surface area contributed by atoms with E-state index in [0.717, 1.165) is 30.6 Å². The standard InChI is InChI=1S/C19H31NO/c1-18-9-7-13(21)11-12(18)3-4-14-15-5-6-17(20)19(15,2)10-8-16(14)18/h3,13-17,21H,4-11,20H2,1-2H3/t13-,14-,15-,16-,17-,18+,19+/m1/s1. The molecular formula is C19H31NO. The van der Waals surface area contributed by atoms with Crippen LogP contribution in [0.4, 0.5) is 0 Å². The molecular weight excluding hydrogens is 258 g/mol. The molecule has 0 heterocycles. The highest BCUT2D eigenvalue weighted by Gasteiger charge is 2.57. The maximum Gasteiger partial charge on any atom is 0.0577 e. The summed E-state index contributed by atoms with van der Waals surface area (Å²) in [6.45, 7) is 4.97. The van der Waals surface area contributed by atoms with Crippen molar-refractivity contribution in [1.82, 2.24) is 0 Å². The molecule has 118 valence electrons. The number of aliphatic hydroxyl groups is 1. The first-order valence-corrected chi connectivity index (χ1v) is 9.08. The summed E-state index contributed by atoms with van der Waals surface area (Å²) in [6.07, 6.45) is 12.1. The van der Waals surface area contributed by atoms with Crippen LogP contribution in [0.25, 0.3) is 0 Å². The van der Waals surface area contributed by atoms with E-state index in [9.17, 15) is 5.11 Å². The molecule has 0 radical (unpaired) electrons. The van der Waals surface area contributed by atoms with Gasteiger partial charge in [-0.3, -0.25) is 0 Å². The van der Waals surface area contributed by atoms with Gasteiger partial charge in [0, 0.05) is 6.04 Å². The van der Waals surface area contributed by atoms with Crippen molar-refractivity contribution < 1.29 is 5.11 Å². The van der Waals surface area contributed by atoms with Crippen LogP contribution in [0.15, 0.2) is 11.6 Å². The molecule has 21 heavy (non-hydrogen) atoms. The number of allylic oxidation sites excluding steroid dienone is 1. The average Bonchev–Trinajstić information content (AvgIpc) is 2.76. The van der Waals surface area contributed by atoms with Crippen LogP contribution < -0.4 is 5.73 Å². The number of hydrogen-bond acceptors (Lipinski definition) is 2. The molecule has 2 nitrogen and oxygen atoms in total. The van der Waals surface area contributed by atoms with E-state index in [2.05, 4.69) is 19.9 Å². The van der Waals surface area contributed by atoms with Crippen LogP contribution >= 0.6 is 0 Å². The van der Waals surface area contributed by atoms with Crippen molar-refractivity contribution in [2.45, 2.75) is 77.4 Å². The van der Waals surface area contributed by atoms with E-state index in [1.54, 1.807) is 5.57 Å². The van der Waals surface area contributed by atoms with Crippen molar-refractivity contribution in [2.75, 3.05) is 0 Å². The fourth-order valence-corrected chi connectivity index (χ4v) is 6.68. The topological polar surface area (TPSA) is 46.2 Å². The lowest BCUT2D eigenvalue weighted by atomic mass is 9.48. The molecule has 3 fully saturated rings. The molecule has 4 aliphatic carbocycles. The van der Waals surface area contributed by atoms with Crippen molar-refractivity contribution >= 4 is 0 Å². The predicted molar refractivity (Wildman–Crippen MR) is 85.7 cm³/mol. The van der Waals surface area contributed by atoms with Crippen molar-refractivity contribution in [1.29, 1.82) is 0 Å². The Balaban J connectivity index is 1.68. The third-order valence-corrected chi connectivity index (χ3v) is 8.15. The highest BCUT2D eigenvalue weighted by molar-refractivity contribution is 5.25. The van der Waals surface area contributed by atoms with Gasteiger partial charge in [0.2, 0.25) is 0 Å². The third kappa shape index (κ3) is 1.84. The zero-order valence-corrected chi connectivity index (χ0v) is 13.6. The Bertz CT molecular complexity index is 472. The number of rotatable bonds is 0. The minimum absolute atomic E-state index is 0.0883. The van der Waals surface area contributed by atoms with E-state index in [-0.39, 0.29) is 6.10 Å². The molecule has 0 aromatic heterocycles. The number of fused-ring (bicyclic) bond motifs is 5. The molecule has 2 heteroatoms. The third-order valence-electron chi connectivity index (χ3n) is 8.15. The van der Waals surface area contributed by atoms with Gasteiger partial charge in [0.25, 0.3) is 0 Å². The summed E-state index contributed by atoms with van der Waals surface area (Å²) in [5, 5.41) is 10.0. The quantitative estimate of drug-likeness (QED) is 0.669. The van der Waals surface area contributed by atoms with Crippen molar-refractivity contribution in [2.24, 2.45) is 34.3 Å². The summed E-state index contributed by atoms with van der Waals surface area (Å²) in [5.74, 6) is 2.53. The fourth-order valence-electron chi connectivity index (χ4n) is 6.68. The van der Waals surface area contributed by atoms with Crippen molar-refractivity contribution in [3.63, 3.8) is 0 Å². The lowest BCUT2D eigenvalue weighted by Gasteiger charge is -2.57. The summed E-state index contributed by atoms with van der Waals surface area (Å²) in [7, 11) is 0. The van der Waals surface area contributed by atoms with Gasteiger partial charge in [-0.1, -0.05) is 25.5 Å². The van der Waals surface area contributed by atoms with Crippen LogP contribution in [-0.4, -0.2) is 17.3 Å². The molecule has 0 bridgehead atoms. The van der Waals surface area contributed by atoms with Gasteiger partial charge < -0.3 is 10.8 Å². The molecule has 3 N–H and O–H groups in total. The number of nitrogens with two attached hydrogens (primary N) is 1. The normalized spacial score (nSPS) is 56.2. The lowest BCUT2D eigenvalue weighted by molar-refractivity contribution is -0.0401. The Hall–Kier alpha value is -0.340. The maximum absolute atomic E-state index is 10.0. The van der Waals surface area contributed by atoms with E-state index < -0.39 is 0 Å². The zero-order chi connectivity index (χ0) is 14.8. The second-order valence-corrected chi connectivity index (χ2v) is 8.88. The van der Waals surface area contributed by atoms with Crippen LogP contribution in [0.1, 0.15) is 65.2 Å². The Kier molecular flexibility index (Phi) is 3.11. The van der Waals surface area contributed by atoms with E-state index in [1.807, 2.05) is 0 Å². The fraction of sp³-hybridized carbons (Fsp3) is 0.895. The van der Waals surface area contributed by atoms with Crippen LogP contribution in [-0.2, 0) is 0 Å². The maximum atomic E-state index is 10.0. The van der Waals surface area contributed by atoms with Gasteiger partial charge in [0.05, 0.1) is 6.10 Å². The van der Waals surface area contributed by atoms with Crippen molar-refractivity contribution in [3.8, 4) is 0 Å². The zero-order valence-electron chi connectivity index (χ0n) is 13.6. The molecule has 0 saturated heterocycles. The largest absolute Gasteiger partial charge is 0.393 e. The molecule has 0 aromatic rings. The van der Waals surface area contributed by atoms with Gasteiger partial charge >= 0.3 is 0 Å².